The van der Waals surface area contributed by atoms with E-state index < -0.39 is 156 Å². The monoisotopic (exact) mass is 1200 g/mol. The van der Waals surface area contributed by atoms with Crippen molar-refractivity contribution in [3.63, 3.8) is 0 Å². The fraction of sp³-hybridized carbons (Fsp3) is 0.790. The van der Waals surface area contributed by atoms with Crippen molar-refractivity contribution in [2.45, 2.75) is 223 Å². The van der Waals surface area contributed by atoms with Crippen molar-refractivity contribution in [2.75, 3.05) is 55.9 Å². The molecule has 486 valence electrons. The number of hydrogen-bond acceptors (Lipinski definition) is 12. The first-order chi connectivity index (χ1) is 39.2. The molecule has 0 saturated carbocycles. The molecule has 11 amide bonds. The summed E-state index contributed by atoms with van der Waals surface area (Å²) >= 11 is 0. The highest BCUT2D eigenvalue weighted by molar-refractivity contribution is 5.99. The number of hydrogen-bond donors (Lipinski definition) is 5. The number of amides is 11. The molecule has 0 aliphatic carbocycles. The molecule has 1 heterocycles. The molecule has 0 aromatic heterocycles. The summed E-state index contributed by atoms with van der Waals surface area (Å²) in [6, 6.07) is -12.3. The van der Waals surface area contributed by atoms with E-state index in [1.807, 2.05) is 61.5 Å². The maximum atomic E-state index is 15.1. The average Bonchev–Trinajstić information content (AvgIpc) is 3.62. The summed E-state index contributed by atoms with van der Waals surface area (Å²) in [5.74, 6) is -9.71. The molecule has 0 spiro atoms. The Morgan fingerprint density at radius 3 is 1.32 bits per heavy atom. The predicted octanol–water partition coefficient (Wildman–Crippen LogP) is 3.27. The van der Waals surface area contributed by atoms with Gasteiger partial charge in [-0.3, -0.25) is 52.7 Å². The Morgan fingerprint density at radius 1 is 0.459 bits per heavy atom. The first-order valence-electron chi connectivity index (χ1n) is 30.6. The Kier molecular flexibility index (Phi) is 31.5. The van der Waals surface area contributed by atoms with E-state index in [9.17, 15) is 48.3 Å². The van der Waals surface area contributed by atoms with E-state index in [0.29, 0.717) is 6.42 Å². The lowest BCUT2D eigenvalue weighted by Crippen LogP contribution is -2.63. The van der Waals surface area contributed by atoms with Crippen LogP contribution in [-0.4, -0.2) is 227 Å². The number of aliphatic hydroxyl groups is 1. The van der Waals surface area contributed by atoms with Crippen LogP contribution in [0.5, 0.6) is 0 Å². The van der Waals surface area contributed by atoms with E-state index in [1.165, 1.54) is 87.7 Å². The van der Waals surface area contributed by atoms with E-state index in [1.54, 1.807) is 54.5 Å². The molecule has 5 N–H and O–H groups in total. The van der Waals surface area contributed by atoms with Crippen LogP contribution in [0.2, 0.25) is 0 Å². The third-order valence-corrected chi connectivity index (χ3v) is 16.1. The fourth-order valence-corrected chi connectivity index (χ4v) is 10.7. The molecule has 1 rings (SSSR count). The number of allylic oxidation sites excluding steroid dienone is 2. The van der Waals surface area contributed by atoms with Crippen molar-refractivity contribution in [3.05, 3.63) is 12.2 Å². The highest BCUT2D eigenvalue weighted by atomic mass is 16.3. The van der Waals surface area contributed by atoms with Crippen LogP contribution in [0.4, 0.5) is 0 Å². The molecule has 1 fully saturated rings. The first-order valence-corrected chi connectivity index (χ1v) is 30.6. The fourth-order valence-electron chi connectivity index (χ4n) is 10.7. The number of carbonyl (C=O) groups excluding carboxylic acids is 11. The number of rotatable bonds is 15. The Bertz CT molecular complexity index is 2330. The Hall–Kier alpha value is -6.13. The standard InChI is InChI=1S/C62H111N11O12/c1-25-27-28-40(15)52(75)51-56(79)65-43(26-2)58(81)67(18)33-48(74)68(19)44(29-34(3)4)55(78)66-49(38(11)12)61(84)69(20)45(30-35(5)6)54(77)63-41(16)53(76)64-42(17)57(80)70(21)46(31-36(7)8)59(82)71(22)47(32-37(9)10)60(83)72(23)50(39(13)14)62(85)73(51)24/h25,27,34-47,49-52,75H,26,28-33H2,1-24H3,(H,63,77)(H,64,76)(H,65,79)(H,66,78)/b27-25+/t40?,41-,42+,43-,44-,45-,46-,47-,49-,50-,51?,52-/m0/s1. The minimum Gasteiger partial charge on any atom is -0.390 e. The van der Waals surface area contributed by atoms with Crippen LogP contribution in [0.1, 0.15) is 156 Å². The molecule has 1 saturated heterocycles. The molecule has 0 aromatic rings. The third kappa shape index (κ3) is 21.7. The van der Waals surface area contributed by atoms with Gasteiger partial charge in [-0.1, -0.05) is 109 Å². The summed E-state index contributed by atoms with van der Waals surface area (Å²) < 4.78 is 0. The quantitative estimate of drug-likeness (QED) is 0.148. The van der Waals surface area contributed by atoms with Gasteiger partial charge in [-0.2, -0.15) is 0 Å². The Morgan fingerprint density at radius 2 is 0.871 bits per heavy atom. The zero-order chi connectivity index (χ0) is 66.0. The smallest absolute Gasteiger partial charge is 0.246 e. The summed E-state index contributed by atoms with van der Waals surface area (Å²) in [6.45, 7) is 29.3. The average molecular weight is 1200 g/mol. The zero-order valence-corrected chi connectivity index (χ0v) is 56.1. The van der Waals surface area contributed by atoms with Gasteiger partial charge in [-0.05, 0) is 101 Å². The van der Waals surface area contributed by atoms with Crippen molar-refractivity contribution in [1.29, 1.82) is 0 Å². The van der Waals surface area contributed by atoms with Gasteiger partial charge in [0.2, 0.25) is 65.0 Å². The molecule has 23 heteroatoms. The maximum absolute atomic E-state index is 15.1. The number of carbonyl (C=O) groups is 11. The van der Waals surface area contributed by atoms with Gasteiger partial charge < -0.3 is 60.7 Å². The minimum absolute atomic E-state index is 0.0229. The molecule has 0 aromatic carbocycles. The van der Waals surface area contributed by atoms with Crippen molar-refractivity contribution in [2.24, 2.45) is 41.4 Å². The maximum Gasteiger partial charge on any atom is 0.246 e. The van der Waals surface area contributed by atoms with Gasteiger partial charge in [-0.15, -0.1) is 0 Å². The molecule has 1 aliphatic heterocycles. The van der Waals surface area contributed by atoms with Crippen LogP contribution in [0.15, 0.2) is 12.2 Å². The van der Waals surface area contributed by atoms with E-state index in [-0.39, 0.29) is 55.8 Å². The molecule has 2 unspecified atom stereocenters. The van der Waals surface area contributed by atoms with Gasteiger partial charge in [0.25, 0.3) is 0 Å². The van der Waals surface area contributed by atoms with Crippen molar-refractivity contribution in [3.8, 4) is 0 Å². The van der Waals surface area contributed by atoms with E-state index in [2.05, 4.69) is 21.3 Å². The number of likely N-dealkylation sites (N-methyl/N-ethyl adjacent to an activating group) is 7. The third-order valence-electron chi connectivity index (χ3n) is 16.1. The highest BCUT2D eigenvalue weighted by Gasteiger charge is 2.45. The lowest BCUT2D eigenvalue weighted by atomic mass is 9.91. The molecule has 12 atom stereocenters. The minimum atomic E-state index is -1.61. The van der Waals surface area contributed by atoms with Crippen LogP contribution in [0, 0.1) is 41.4 Å². The number of nitrogens with zero attached hydrogens (tertiary/aromatic N) is 7. The predicted molar refractivity (Wildman–Crippen MR) is 328 cm³/mol. The molecule has 0 bridgehead atoms. The van der Waals surface area contributed by atoms with E-state index >= 15 is 9.59 Å². The topological polar surface area (TPSA) is 279 Å². The Balaban J connectivity index is 4.32. The van der Waals surface area contributed by atoms with Crippen LogP contribution >= 0.6 is 0 Å². The van der Waals surface area contributed by atoms with Gasteiger partial charge in [0, 0.05) is 49.3 Å². The molecular formula is C62H111N11O12. The van der Waals surface area contributed by atoms with Crippen LogP contribution in [-0.2, 0) is 52.7 Å². The summed E-state index contributed by atoms with van der Waals surface area (Å²) in [5, 5.41) is 23.1. The zero-order valence-electron chi connectivity index (χ0n) is 56.1. The second-order valence-electron chi connectivity index (χ2n) is 26.1. The van der Waals surface area contributed by atoms with Gasteiger partial charge in [0.05, 0.1) is 12.6 Å². The summed E-state index contributed by atoms with van der Waals surface area (Å²) in [7, 11) is 9.92. The molecule has 23 nitrogen and oxygen atoms in total. The van der Waals surface area contributed by atoms with Crippen LogP contribution in [0.25, 0.3) is 0 Å². The summed E-state index contributed by atoms with van der Waals surface area (Å²) in [4.78, 5) is 169. The Labute approximate surface area is 508 Å². The van der Waals surface area contributed by atoms with Crippen molar-refractivity contribution in [1.82, 2.24) is 55.6 Å². The van der Waals surface area contributed by atoms with Crippen LogP contribution in [0.3, 0.4) is 0 Å². The largest absolute Gasteiger partial charge is 0.390 e. The van der Waals surface area contributed by atoms with Crippen molar-refractivity contribution >= 4 is 65.0 Å². The molecular weight excluding hydrogens is 1090 g/mol. The van der Waals surface area contributed by atoms with Gasteiger partial charge >= 0.3 is 0 Å². The second kappa shape index (κ2) is 34.9. The highest BCUT2D eigenvalue weighted by Crippen LogP contribution is 2.26. The van der Waals surface area contributed by atoms with Gasteiger partial charge in [0.1, 0.15) is 60.4 Å². The van der Waals surface area contributed by atoms with Crippen LogP contribution < -0.4 is 21.3 Å². The number of aliphatic hydroxyl groups excluding tert-OH is 1. The van der Waals surface area contributed by atoms with Gasteiger partial charge in [-0.25, -0.2) is 0 Å². The summed E-state index contributed by atoms with van der Waals surface area (Å²) in [5.41, 5.74) is 0. The molecule has 0 radical (unpaired) electrons. The lowest BCUT2D eigenvalue weighted by Gasteiger charge is -2.41. The SMILES string of the molecule is C/C=C/CC(C)[C@H](O)C1C(=O)N[C@@H](CC)C(=O)N(C)CC(=O)N(C)[C@@H](CC(C)C)C(=O)N[C@@H](C(C)C)C(=O)N(C)[C@@H](CC(C)C)C(=O)N[C@@H](C)C(=O)N[C@H](C)C(=O)N(C)[C@@H](CC(C)C)C(=O)N(C)[C@@H](CC(C)C)C(=O)N(C)[C@@H](C(C)C)C(=O)N1C. The van der Waals surface area contributed by atoms with E-state index in [4.69, 9.17) is 0 Å². The number of nitrogens with one attached hydrogen (secondary N) is 4. The normalized spacial score (nSPS) is 26.9. The van der Waals surface area contributed by atoms with E-state index in [0.717, 1.165) is 9.80 Å². The molecule has 1 aliphatic rings. The second-order valence-corrected chi connectivity index (χ2v) is 26.1. The lowest BCUT2D eigenvalue weighted by molar-refractivity contribution is -0.157. The van der Waals surface area contributed by atoms with Gasteiger partial charge in [0.15, 0.2) is 0 Å². The van der Waals surface area contributed by atoms with Crippen molar-refractivity contribution < 1.29 is 57.8 Å². The summed E-state index contributed by atoms with van der Waals surface area (Å²) in [6.07, 6.45) is 3.04. The molecule has 85 heavy (non-hydrogen) atoms. The first kappa shape index (κ1) is 76.9.